The number of nitrogens with zero attached hydrogens (tertiary/aromatic N) is 2. The molecule has 1 heterocycles. The van der Waals surface area contributed by atoms with Crippen molar-refractivity contribution < 1.29 is 0 Å². The summed E-state index contributed by atoms with van der Waals surface area (Å²) in [7, 11) is 0. The van der Waals surface area contributed by atoms with Gasteiger partial charge in [0.15, 0.2) is 5.82 Å². The lowest BCUT2D eigenvalue weighted by atomic mass is 10.1. The minimum Gasteiger partial charge on any atom is -0.340 e. The first kappa shape index (κ1) is 15.3. The minimum atomic E-state index is 0.729. The van der Waals surface area contributed by atoms with Gasteiger partial charge in [0.25, 0.3) is 0 Å². The second-order valence-corrected chi connectivity index (χ2v) is 5.95. The summed E-state index contributed by atoms with van der Waals surface area (Å²) in [6.07, 6.45) is 1.04. The van der Waals surface area contributed by atoms with Crippen LogP contribution in [0.3, 0.4) is 0 Å². The smallest absolute Gasteiger partial charge is 0.162 e. The van der Waals surface area contributed by atoms with E-state index in [4.69, 9.17) is 9.97 Å². The summed E-state index contributed by atoms with van der Waals surface area (Å²) in [4.78, 5) is 9.51. The summed E-state index contributed by atoms with van der Waals surface area (Å²) >= 11 is 0. The van der Waals surface area contributed by atoms with E-state index in [1.54, 1.807) is 0 Å². The fourth-order valence-corrected chi connectivity index (χ4v) is 2.85. The van der Waals surface area contributed by atoms with Gasteiger partial charge in [-0.25, -0.2) is 9.97 Å². The van der Waals surface area contributed by atoms with E-state index in [2.05, 4.69) is 36.5 Å². The Kier molecular flexibility index (Phi) is 4.13. The molecule has 1 aromatic heterocycles. The van der Waals surface area contributed by atoms with Gasteiger partial charge in [0, 0.05) is 16.6 Å². The van der Waals surface area contributed by atoms with Crippen LogP contribution >= 0.6 is 0 Å². The van der Waals surface area contributed by atoms with Gasteiger partial charge in [0.2, 0.25) is 0 Å². The van der Waals surface area contributed by atoms with E-state index in [0.29, 0.717) is 0 Å². The molecule has 4 aromatic rings. The average molecular weight is 325 g/mol. The molecule has 0 aliphatic rings. The van der Waals surface area contributed by atoms with Crippen molar-refractivity contribution in [3.8, 4) is 11.4 Å². The van der Waals surface area contributed by atoms with Crippen molar-refractivity contribution in [3.63, 3.8) is 0 Å². The molecule has 0 aliphatic heterocycles. The molecule has 4 rings (SSSR count). The maximum absolute atomic E-state index is 4.79. The zero-order valence-corrected chi connectivity index (χ0v) is 14.1. The Bertz CT molecular complexity index is 993. The fourth-order valence-electron chi connectivity index (χ4n) is 2.85. The predicted octanol–water partition coefficient (Wildman–Crippen LogP) is 5.60. The lowest BCUT2D eigenvalue weighted by Crippen LogP contribution is -1.99. The van der Waals surface area contributed by atoms with E-state index in [9.17, 15) is 0 Å². The van der Waals surface area contributed by atoms with Crippen LogP contribution in [0, 0.1) is 0 Å². The Balaban J connectivity index is 1.80. The standard InChI is InChI=1S/C22H19N3/c1-2-16-12-14-18(15-13-16)23-22-19-10-6-7-11-20(19)24-21(25-22)17-8-4-3-5-9-17/h3-15H,2H2,1H3,(H,23,24,25). The summed E-state index contributed by atoms with van der Waals surface area (Å²) in [5.74, 6) is 1.56. The molecule has 0 fully saturated rings. The molecular formula is C22H19N3. The van der Waals surface area contributed by atoms with E-state index in [1.165, 1.54) is 5.56 Å². The number of benzene rings is 3. The number of hydrogen-bond donors (Lipinski definition) is 1. The number of nitrogens with one attached hydrogen (secondary N) is 1. The van der Waals surface area contributed by atoms with E-state index in [-0.39, 0.29) is 0 Å². The monoisotopic (exact) mass is 325 g/mol. The Morgan fingerprint density at radius 1 is 0.760 bits per heavy atom. The minimum absolute atomic E-state index is 0.729. The molecule has 0 saturated heterocycles. The van der Waals surface area contributed by atoms with Crippen LogP contribution < -0.4 is 5.32 Å². The third-order valence-electron chi connectivity index (χ3n) is 4.26. The number of aromatic nitrogens is 2. The van der Waals surface area contributed by atoms with Crippen LogP contribution in [0.1, 0.15) is 12.5 Å². The second kappa shape index (κ2) is 6.73. The van der Waals surface area contributed by atoms with Crippen LogP contribution in [-0.4, -0.2) is 9.97 Å². The number of hydrogen-bond acceptors (Lipinski definition) is 3. The lowest BCUT2D eigenvalue weighted by Gasteiger charge is -2.11. The normalized spacial score (nSPS) is 10.8. The van der Waals surface area contributed by atoms with Gasteiger partial charge >= 0.3 is 0 Å². The number of fused-ring (bicyclic) bond motifs is 1. The predicted molar refractivity (Wildman–Crippen MR) is 104 cm³/mol. The average Bonchev–Trinajstić information content (AvgIpc) is 2.69. The van der Waals surface area contributed by atoms with E-state index >= 15 is 0 Å². The van der Waals surface area contributed by atoms with Gasteiger partial charge in [-0.15, -0.1) is 0 Å². The lowest BCUT2D eigenvalue weighted by molar-refractivity contribution is 1.14. The molecule has 25 heavy (non-hydrogen) atoms. The summed E-state index contributed by atoms with van der Waals surface area (Å²) < 4.78 is 0. The maximum atomic E-state index is 4.79. The van der Waals surface area contributed by atoms with Crippen LogP contribution in [0.2, 0.25) is 0 Å². The topological polar surface area (TPSA) is 37.8 Å². The van der Waals surface area contributed by atoms with Gasteiger partial charge in [-0.05, 0) is 36.2 Å². The molecular weight excluding hydrogens is 306 g/mol. The zero-order chi connectivity index (χ0) is 17.1. The molecule has 0 radical (unpaired) electrons. The van der Waals surface area contributed by atoms with Crippen LogP contribution in [0.5, 0.6) is 0 Å². The maximum Gasteiger partial charge on any atom is 0.162 e. The van der Waals surface area contributed by atoms with E-state index < -0.39 is 0 Å². The molecule has 0 aliphatic carbocycles. The van der Waals surface area contributed by atoms with Crippen molar-refractivity contribution >= 4 is 22.4 Å². The van der Waals surface area contributed by atoms with E-state index in [1.807, 2.05) is 54.6 Å². The summed E-state index contributed by atoms with van der Waals surface area (Å²) in [5, 5.41) is 4.47. The number of rotatable bonds is 4. The highest BCUT2D eigenvalue weighted by atomic mass is 15.0. The van der Waals surface area contributed by atoms with Crippen molar-refractivity contribution in [2.24, 2.45) is 0 Å². The van der Waals surface area contributed by atoms with Crippen LogP contribution in [0.4, 0.5) is 11.5 Å². The Morgan fingerprint density at radius 3 is 2.24 bits per heavy atom. The Labute approximate surface area is 147 Å². The number of anilines is 2. The van der Waals surface area contributed by atoms with Crippen molar-refractivity contribution in [1.82, 2.24) is 9.97 Å². The first-order valence-electron chi connectivity index (χ1n) is 8.51. The molecule has 122 valence electrons. The molecule has 0 atom stereocenters. The van der Waals surface area contributed by atoms with Crippen molar-refractivity contribution in [3.05, 3.63) is 84.4 Å². The Morgan fingerprint density at radius 2 is 1.48 bits per heavy atom. The van der Waals surface area contributed by atoms with Gasteiger partial charge in [-0.1, -0.05) is 61.5 Å². The first-order chi connectivity index (χ1) is 12.3. The van der Waals surface area contributed by atoms with Gasteiger partial charge in [-0.2, -0.15) is 0 Å². The highest BCUT2D eigenvalue weighted by Gasteiger charge is 2.09. The molecule has 0 spiro atoms. The van der Waals surface area contributed by atoms with E-state index in [0.717, 1.165) is 40.2 Å². The largest absolute Gasteiger partial charge is 0.340 e. The third kappa shape index (κ3) is 3.22. The molecule has 0 amide bonds. The van der Waals surface area contributed by atoms with Crippen LogP contribution in [-0.2, 0) is 6.42 Å². The summed E-state index contributed by atoms with van der Waals surface area (Å²) in [6, 6.07) is 26.6. The van der Waals surface area contributed by atoms with Crippen molar-refractivity contribution in [2.75, 3.05) is 5.32 Å². The Hall–Kier alpha value is -3.20. The first-order valence-corrected chi connectivity index (χ1v) is 8.51. The number of para-hydroxylation sites is 1. The molecule has 3 aromatic carbocycles. The van der Waals surface area contributed by atoms with Gasteiger partial charge < -0.3 is 5.32 Å². The quantitative estimate of drug-likeness (QED) is 0.530. The van der Waals surface area contributed by atoms with Crippen LogP contribution in [0.25, 0.3) is 22.3 Å². The highest BCUT2D eigenvalue weighted by Crippen LogP contribution is 2.27. The summed E-state index contributed by atoms with van der Waals surface area (Å²) in [5.41, 5.74) is 4.30. The molecule has 3 heteroatoms. The fraction of sp³-hybridized carbons (Fsp3) is 0.0909. The highest BCUT2D eigenvalue weighted by molar-refractivity contribution is 5.92. The zero-order valence-electron chi connectivity index (χ0n) is 14.1. The molecule has 3 nitrogen and oxygen atoms in total. The second-order valence-electron chi connectivity index (χ2n) is 5.95. The van der Waals surface area contributed by atoms with Gasteiger partial charge in [0.05, 0.1) is 5.52 Å². The molecule has 0 bridgehead atoms. The third-order valence-corrected chi connectivity index (χ3v) is 4.26. The molecule has 0 unspecified atom stereocenters. The SMILES string of the molecule is CCc1ccc(Nc2nc(-c3ccccc3)nc3ccccc23)cc1. The number of aryl methyl sites for hydroxylation is 1. The molecule has 1 N–H and O–H groups in total. The molecule has 0 saturated carbocycles. The van der Waals surface area contributed by atoms with Crippen LogP contribution in [0.15, 0.2) is 78.9 Å². The van der Waals surface area contributed by atoms with Crippen molar-refractivity contribution in [2.45, 2.75) is 13.3 Å². The van der Waals surface area contributed by atoms with Crippen molar-refractivity contribution in [1.29, 1.82) is 0 Å². The van der Waals surface area contributed by atoms with Gasteiger partial charge in [-0.3, -0.25) is 0 Å². The van der Waals surface area contributed by atoms with Gasteiger partial charge in [0.1, 0.15) is 5.82 Å². The summed E-state index contributed by atoms with van der Waals surface area (Å²) in [6.45, 7) is 2.16.